The van der Waals surface area contributed by atoms with Crippen molar-refractivity contribution in [3.8, 4) is 11.5 Å². The lowest BCUT2D eigenvalue weighted by Gasteiger charge is -2.27. The summed E-state index contributed by atoms with van der Waals surface area (Å²) in [4.78, 5) is 0. The van der Waals surface area contributed by atoms with Gasteiger partial charge in [0.2, 0.25) is 0 Å². The van der Waals surface area contributed by atoms with Gasteiger partial charge >= 0.3 is 0 Å². The third-order valence-electron chi connectivity index (χ3n) is 7.45. The number of aromatic hydroxyl groups is 2. The number of hydrogen-bond donors (Lipinski definition) is 6. The van der Waals surface area contributed by atoms with Gasteiger partial charge in [0.05, 0.1) is 25.4 Å². The summed E-state index contributed by atoms with van der Waals surface area (Å²) in [6, 6.07) is 23.7. The number of aliphatic hydroxyl groups excluding tert-OH is 2. The number of ether oxygens (including phenoxy) is 1. The first-order valence-corrected chi connectivity index (χ1v) is 14.0. The van der Waals surface area contributed by atoms with Gasteiger partial charge in [0, 0.05) is 25.2 Å². The molecule has 0 aromatic heterocycles. The Labute approximate surface area is 231 Å². The minimum atomic E-state index is -0.563. The summed E-state index contributed by atoms with van der Waals surface area (Å²) in [5, 5.41) is 44.7. The highest BCUT2D eigenvalue weighted by Gasteiger charge is 2.20. The van der Waals surface area contributed by atoms with Crippen LogP contribution in [0.15, 0.2) is 72.8 Å². The first-order valence-electron chi connectivity index (χ1n) is 14.0. The molecule has 0 radical (unpaired) electrons. The Hall–Kier alpha value is -2.94. The summed E-state index contributed by atoms with van der Waals surface area (Å²) in [6.07, 6.45) is 5.28. The topological polar surface area (TPSA) is 114 Å². The van der Waals surface area contributed by atoms with Gasteiger partial charge in [0.25, 0.3) is 0 Å². The molecule has 0 spiro atoms. The Balaban J connectivity index is 0.000000379. The van der Waals surface area contributed by atoms with E-state index in [1.165, 1.54) is 46.5 Å². The Morgan fingerprint density at radius 3 is 1.41 bits per heavy atom. The zero-order valence-electron chi connectivity index (χ0n) is 22.5. The summed E-state index contributed by atoms with van der Waals surface area (Å²) in [7, 11) is 0. The molecule has 0 aliphatic heterocycles. The Morgan fingerprint density at radius 2 is 1.00 bits per heavy atom. The van der Waals surface area contributed by atoms with Crippen LogP contribution in [0, 0.1) is 0 Å². The molecular formula is C32H42N2O5. The van der Waals surface area contributed by atoms with Crippen molar-refractivity contribution in [2.75, 3.05) is 26.3 Å². The van der Waals surface area contributed by atoms with E-state index in [4.69, 9.17) is 14.9 Å². The number of nitrogens with one attached hydrogen (secondary N) is 2. The van der Waals surface area contributed by atoms with Crippen molar-refractivity contribution >= 4 is 0 Å². The highest BCUT2D eigenvalue weighted by molar-refractivity contribution is 5.31. The van der Waals surface area contributed by atoms with Crippen LogP contribution in [0.25, 0.3) is 0 Å². The number of phenols is 2. The molecular weight excluding hydrogens is 492 g/mol. The Bertz CT molecular complexity index is 1050. The average molecular weight is 535 g/mol. The summed E-state index contributed by atoms with van der Waals surface area (Å²) < 4.78 is 5.57. The molecule has 0 amide bonds. The molecule has 0 bridgehead atoms. The molecule has 210 valence electrons. The molecule has 39 heavy (non-hydrogen) atoms. The molecule has 2 aliphatic rings. The van der Waals surface area contributed by atoms with Gasteiger partial charge in [-0.3, -0.25) is 0 Å². The standard InChI is InChI=1S/C26H36N2O3.C6H6O2/c29-25(15-27-23-11-9-19-5-1-3-7-21(19)13-23)17-31-18-26(30)16-28-24-12-10-20-6-2-4-8-22(20)14-24;7-5-1-2-6(8)4-3-5/h1-8,23-30H,9-18H2;1-4,7-8H. The maximum absolute atomic E-state index is 10.2. The van der Waals surface area contributed by atoms with E-state index in [9.17, 15) is 10.2 Å². The van der Waals surface area contributed by atoms with Crippen LogP contribution in [0.2, 0.25) is 0 Å². The number of hydrogen-bond acceptors (Lipinski definition) is 7. The number of benzene rings is 3. The molecule has 6 N–H and O–H groups in total. The van der Waals surface area contributed by atoms with Crippen LogP contribution in [0.4, 0.5) is 0 Å². The number of aliphatic hydroxyl groups is 2. The van der Waals surface area contributed by atoms with E-state index in [1.54, 1.807) is 0 Å². The predicted octanol–water partition coefficient (Wildman–Crippen LogP) is 3.12. The van der Waals surface area contributed by atoms with Gasteiger partial charge in [-0.1, -0.05) is 48.5 Å². The third-order valence-corrected chi connectivity index (χ3v) is 7.45. The average Bonchev–Trinajstić information content (AvgIpc) is 2.96. The van der Waals surface area contributed by atoms with Gasteiger partial charge < -0.3 is 35.8 Å². The molecule has 4 unspecified atom stereocenters. The second-order valence-electron chi connectivity index (χ2n) is 10.6. The van der Waals surface area contributed by atoms with Crippen LogP contribution in [-0.2, 0) is 30.4 Å². The van der Waals surface area contributed by atoms with E-state index >= 15 is 0 Å². The largest absolute Gasteiger partial charge is 0.508 e. The number of rotatable bonds is 10. The Morgan fingerprint density at radius 1 is 0.615 bits per heavy atom. The maximum Gasteiger partial charge on any atom is 0.115 e. The fourth-order valence-corrected chi connectivity index (χ4v) is 5.26. The van der Waals surface area contributed by atoms with Crippen LogP contribution in [0.5, 0.6) is 11.5 Å². The van der Waals surface area contributed by atoms with Crippen molar-refractivity contribution in [3.63, 3.8) is 0 Å². The fraction of sp³-hybridized carbons (Fsp3) is 0.438. The van der Waals surface area contributed by atoms with E-state index in [1.807, 2.05) is 0 Å². The van der Waals surface area contributed by atoms with E-state index in [2.05, 4.69) is 59.2 Å². The number of phenolic OH excluding ortho intramolecular Hbond substituents is 2. The van der Waals surface area contributed by atoms with Gasteiger partial charge in [-0.25, -0.2) is 0 Å². The minimum Gasteiger partial charge on any atom is -0.508 e. The molecule has 4 atom stereocenters. The van der Waals surface area contributed by atoms with E-state index < -0.39 is 12.2 Å². The van der Waals surface area contributed by atoms with Crippen LogP contribution in [0.3, 0.4) is 0 Å². The molecule has 7 nitrogen and oxygen atoms in total. The van der Waals surface area contributed by atoms with Gasteiger partial charge in [-0.15, -0.1) is 0 Å². The molecule has 2 aliphatic carbocycles. The van der Waals surface area contributed by atoms with Crippen molar-refractivity contribution in [2.45, 2.75) is 62.8 Å². The third kappa shape index (κ3) is 9.64. The number of fused-ring (bicyclic) bond motifs is 2. The number of aryl methyl sites for hydroxylation is 2. The van der Waals surface area contributed by atoms with Gasteiger partial charge in [-0.2, -0.15) is 0 Å². The quantitative estimate of drug-likeness (QED) is 0.222. The van der Waals surface area contributed by atoms with Crippen LogP contribution in [0.1, 0.15) is 35.1 Å². The smallest absolute Gasteiger partial charge is 0.115 e. The maximum atomic E-state index is 10.2. The van der Waals surface area contributed by atoms with Crippen molar-refractivity contribution in [1.29, 1.82) is 0 Å². The molecule has 3 aromatic carbocycles. The predicted molar refractivity (Wildman–Crippen MR) is 153 cm³/mol. The van der Waals surface area contributed by atoms with Gasteiger partial charge in [0.15, 0.2) is 0 Å². The zero-order valence-corrected chi connectivity index (χ0v) is 22.5. The van der Waals surface area contributed by atoms with E-state index in [0.717, 1.165) is 38.5 Å². The lowest BCUT2D eigenvalue weighted by molar-refractivity contribution is -0.00783. The lowest BCUT2D eigenvalue weighted by atomic mass is 9.88. The van der Waals surface area contributed by atoms with Gasteiger partial charge in [-0.05, 0) is 85.0 Å². The van der Waals surface area contributed by atoms with Crippen molar-refractivity contribution in [1.82, 2.24) is 10.6 Å². The van der Waals surface area contributed by atoms with E-state index in [0.29, 0.717) is 25.2 Å². The second kappa shape index (κ2) is 15.0. The molecule has 7 heteroatoms. The summed E-state index contributed by atoms with van der Waals surface area (Å²) in [6.45, 7) is 1.51. The molecule has 0 heterocycles. The SMILES string of the molecule is OC(CNC1CCc2ccccc2C1)COCC(O)CNC1CCc2ccccc2C1.Oc1ccc(O)cc1. The first kappa shape index (κ1) is 29.1. The highest BCUT2D eigenvalue weighted by Crippen LogP contribution is 2.22. The molecule has 0 saturated carbocycles. The lowest BCUT2D eigenvalue weighted by Crippen LogP contribution is -2.42. The second-order valence-corrected chi connectivity index (χ2v) is 10.6. The molecule has 3 aromatic rings. The van der Waals surface area contributed by atoms with Crippen molar-refractivity contribution in [2.24, 2.45) is 0 Å². The highest BCUT2D eigenvalue weighted by atomic mass is 16.5. The molecule has 5 rings (SSSR count). The minimum absolute atomic E-state index is 0.169. The summed E-state index contributed by atoms with van der Waals surface area (Å²) in [5.74, 6) is 0.339. The fourth-order valence-electron chi connectivity index (χ4n) is 5.26. The normalized spacial score (nSPS) is 19.6. The summed E-state index contributed by atoms with van der Waals surface area (Å²) in [5.41, 5.74) is 5.72. The molecule has 0 fully saturated rings. The summed E-state index contributed by atoms with van der Waals surface area (Å²) >= 11 is 0. The van der Waals surface area contributed by atoms with Crippen molar-refractivity contribution in [3.05, 3.63) is 95.1 Å². The zero-order chi connectivity index (χ0) is 27.5. The van der Waals surface area contributed by atoms with Crippen LogP contribution in [-0.4, -0.2) is 71.0 Å². The van der Waals surface area contributed by atoms with E-state index in [-0.39, 0.29) is 24.7 Å². The van der Waals surface area contributed by atoms with Gasteiger partial charge in [0.1, 0.15) is 11.5 Å². The first-order chi connectivity index (χ1) is 19.0. The Kier molecular flexibility index (Phi) is 11.2. The molecule has 0 saturated heterocycles. The van der Waals surface area contributed by atoms with Crippen LogP contribution >= 0.6 is 0 Å². The monoisotopic (exact) mass is 534 g/mol. The van der Waals surface area contributed by atoms with Crippen LogP contribution < -0.4 is 10.6 Å². The van der Waals surface area contributed by atoms with Crippen molar-refractivity contribution < 1.29 is 25.2 Å².